The zero-order chi connectivity index (χ0) is 16.0. The summed E-state index contributed by atoms with van der Waals surface area (Å²) in [6.07, 6.45) is 0. The van der Waals surface area contributed by atoms with Gasteiger partial charge in [0.2, 0.25) is 0 Å². The number of nitrogens with zero attached hydrogens (tertiary/aromatic N) is 1. The maximum absolute atomic E-state index is 14.2. The lowest BCUT2D eigenvalue weighted by Gasteiger charge is -2.16. The second kappa shape index (κ2) is 5.03. The van der Waals surface area contributed by atoms with Gasteiger partial charge in [0.15, 0.2) is 0 Å². The topological polar surface area (TPSA) is 74.7 Å². The van der Waals surface area contributed by atoms with E-state index in [0.717, 1.165) is 12.1 Å². The van der Waals surface area contributed by atoms with Crippen LogP contribution in [0, 0.1) is 5.82 Å². The minimum atomic E-state index is -1.32. The first kappa shape index (κ1) is 14.4. The van der Waals surface area contributed by atoms with Gasteiger partial charge in [0.1, 0.15) is 5.82 Å². The number of carboxylic acids is 1. The Kier molecular flexibility index (Phi) is 3.29. The maximum atomic E-state index is 14.2. The van der Waals surface area contributed by atoms with Crippen LogP contribution >= 0.6 is 15.9 Å². The molecule has 1 aliphatic rings. The summed E-state index contributed by atoms with van der Waals surface area (Å²) in [6.45, 7) is 0. The van der Waals surface area contributed by atoms with E-state index < -0.39 is 23.6 Å². The highest BCUT2D eigenvalue weighted by atomic mass is 79.9. The van der Waals surface area contributed by atoms with Crippen molar-refractivity contribution in [1.29, 1.82) is 0 Å². The predicted molar refractivity (Wildman–Crippen MR) is 78.6 cm³/mol. The van der Waals surface area contributed by atoms with Crippen molar-refractivity contribution in [2.45, 2.75) is 0 Å². The monoisotopic (exact) mass is 363 g/mol. The maximum Gasteiger partial charge on any atom is 0.336 e. The molecule has 5 nitrogen and oxygen atoms in total. The van der Waals surface area contributed by atoms with Gasteiger partial charge >= 0.3 is 5.97 Å². The van der Waals surface area contributed by atoms with E-state index in [1.165, 1.54) is 12.1 Å². The Morgan fingerprint density at radius 1 is 1.09 bits per heavy atom. The van der Waals surface area contributed by atoms with Crippen LogP contribution in [-0.4, -0.2) is 22.9 Å². The van der Waals surface area contributed by atoms with Gasteiger partial charge in [-0.05, 0) is 40.2 Å². The second-order valence-corrected chi connectivity index (χ2v) is 5.43. The van der Waals surface area contributed by atoms with Crippen LogP contribution < -0.4 is 4.90 Å². The van der Waals surface area contributed by atoms with E-state index in [1.807, 2.05) is 0 Å². The smallest absolute Gasteiger partial charge is 0.336 e. The summed E-state index contributed by atoms with van der Waals surface area (Å²) in [5.41, 5.74) is -0.211. The van der Waals surface area contributed by atoms with Gasteiger partial charge in [-0.25, -0.2) is 14.1 Å². The number of anilines is 1. The molecule has 2 amide bonds. The van der Waals surface area contributed by atoms with Crippen molar-refractivity contribution in [2.24, 2.45) is 0 Å². The molecule has 22 heavy (non-hydrogen) atoms. The number of amides is 2. The lowest BCUT2D eigenvalue weighted by molar-refractivity contribution is 0.0695. The zero-order valence-electron chi connectivity index (χ0n) is 10.8. The minimum Gasteiger partial charge on any atom is -0.478 e. The Morgan fingerprint density at radius 2 is 1.64 bits per heavy atom. The average molecular weight is 364 g/mol. The van der Waals surface area contributed by atoms with Gasteiger partial charge in [-0.15, -0.1) is 0 Å². The van der Waals surface area contributed by atoms with E-state index in [9.17, 15) is 18.8 Å². The highest BCUT2D eigenvalue weighted by Gasteiger charge is 2.38. The van der Waals surface area contributed by atoms with Crippen molar-refractivity contribution in [1.82, 2.24) is 0 Å². The van der Waals surface area contributed by atoms with Gasteiger partial charge in [-0.2, -0.15) is 0 Å². The molecule has 1 heterocycles. The SMILES string of the molecule is O=C(O)c1cc(F)c(N2C(=O)c3ccccc3C2=O)cc1Br. The van der Waals surface area contributed by atoms with Gasteiger partial charge in [0.05, 0.1) is 22.4 Å². The lowest BCUT2D eigenvalue weighted by atomic mass is 10.1. The fourth-order valence-corrected chi connectivity index (χ4v) is 2.78. The molecule has 0 aliphatic carbocycles. The summed E-state index contributed by atoms with van der Waals surface area (Å²) in [5, 5.41) is 8.95. The molecule has 0 fully saturated rings. The number of aromatic carboxylic acids is 1. The largest absolute Gasteiger partial charge is 0.478 e. The molecule has 0 radical (unpaired) electrons. The number of carbonyl (C=O) groups excluding carboxylic acids is 2. The van der Waals surface area contributed by atoms with E-state index >= 15 is 0 Å². The van der Waals surface area contributed by atoms with Gasteiger partial charge < -0.3 is 5.11 Å². The van der Waals surface area contributed by atoms with Gasteiger partial charge in [0, 0.05) is 4.47 Å². The van der Waals surface area contributed by atoms with Gasteiger partial charge in [0.25, 0.3) is 11.8 Å². The summed E-state index contributed by atoms with van der Waals surface area (Å²) in [4.78, 5) is 36.3. The summed E-state index contributed by atoms with van der Waals surface area (Å²) in [6, 6.07) is 8.05. The van der Waals surface area contributed by atoms with Gasteiger partial charge in [-0.3, -0.25) is 9.59 Å². The molecule has 0 atom stereocenters. The van der Waals surface area contributed by atoms with E-state index in [1.54, 1.807) is 12.1 Å². The number of hydrogen-bond acceptors (Lipinski definition) is 3. The molecular formula is C15H7BrFNO4. The summed E-state index contributed by atoms with van der Waals surface area (Å²) < 4.78 is 14.3. The number of hydrogen-bond donors (Lipinski definition) is 1. The van der Waals surface area contributed by atoms with E-state index in [0.29, 0.717) is 4.90 Å². The quantitative estimate of drug-likeness (QED) is 0.832. The molecule has 7 heteroatoms. The normalized spacial score (nSPS) is 13.5. The number of carbonyl (C=O) groups is 3. The first-order chi connectivity index (χ1) is 10.4. The third-order valence-corrected chi connectivity index (χ3v) is 3.96. The highest BCUT2D eigenvalue weighted by Crippen LogP contribution is 2.33. The molecule has 0 saturated carbocycles. The standard InChI is InChI=1S/C15H7BrFNO4/c16-10-6-12(11(17)5-9(10)15(21)22)18-13(19)7-3-1-2-4-8(7)14(18)20/h1-6H,(H,21,22). The molecule has 110 valence electrons. The number of benzene rings is 2. The fourth-order valence-electron chi connectivity index (χ4n) is 2.28. The molecule has 0 bridgehead atoms. The minimum absolute atomic E-state index is 0.0768. The van der Waals surface area contributed by atoms with Crippen molar-refractivity contribution in [2.75, 3.05) is 4.90 Å². The highest BCUT2D eigenvalue weighted by molar-refractivity contribution is 9.10. The predicted octanol–water partition coefficient (Wildman–Crippen LogP) is 3.09. The number of rotatable bonds is 2. The number of halogens is 2. The van der Waals surface area contributed by atoms with Crippen molar-refractivity contribution in [3.8, 4) is 0 Å². The average Bonchev–Trinajstić information content (AvgIpc) is 2.73. The molecule has 3 rings (SSSR count). The Morgan fingerprint density at radius 3 is 2.14 bits per heavy atom. The van der Waals surface area contributed by atoms with Crippen LogP contribution in [0.3, 0.4) is 0 Å². The molecule has 2 aromatic rings. The van der Waals surface area contributed by atoms with Crippen molar-refractivity contribution in [3.05, 3.63) is 63.4 Å². The Bertz CT molecular complexity index is 814. The second-order valence-electron chi connectivity index (χ2n) is 4.58. The molecular weight excluding hydrogens is 357 g/mol. The number of fused-ring (bicyclic) bond motifs is 1. The summed E-state index contributed by atoms with van der Waals surface area (Å²) in [5.74, 6) is -3.57. The Hall–Kier alpha value is -2.54. The van der Waals surface area contributed by atoms with Crippen LogP contribution in [0.1, 0.15) is 31.1 Å². The van der Waals surface area contributed by atoms with E-state index in [2.05, 4.69) is 15.9 Å². The van der Waals surface area contributed by atoms with E-state index in [4.69, 9.17) is 5.11 Å². The number of imide groups is 1. The Balaban J connectivity index is 2.14. The van der Waals surface area contributed by atoms with Crippen molar-refractivity contribution >= 4 is 39.4 Å². The molecule has 0 aromatic heterocycles. The van der Waals surface area contributed by atoms with Crippen LogP contribution in [0.25, 0.3) is 0 Å². The summed E-state index contributed by atoms with van der Waals surface area (Å²) >= 11 is 3.01. The number of carboxylic acid groups (broad SMARTS) is 1. The first-order valence-electron chi connectivity index (χ1n) is 6.12. The summed E-state index contributed by atoms with van der Waals surface area (Å²) in [7, 11) is 0. The molecule has 2 aromatic carbocycles. The third kappa shape index (κ3) is 2.01. The van der Waals surface area contributed by atoms with Crippen molar-refractivity contribution in [3.63, 3.8) is 0 Å². The van der Waals surface area contributed by atoms with Crippen LogP contribution in [0.2, 0.25) is 0 Å². The Labute approximate surface area is 132 Å². The van der Waals surface area contributed by atoms with Crippen LogP contribution in [0.15, 0.2) is 40.9 Å². The molecule has 0 saturated heterocycles. The third-order valence-electron chi connectivity index (χ3n) is 3.30. The van der Waals surface area contributed by atoms with E-state index in [-0.39, 0.29) is 26.9 Å². The van der Waals surface area contributed by atoms with Crippen LogP contribution in [0.5, 0.6) is 0 Å². The molecule has 0 spiro atoms. The van der Waals surface area contributed by atoms with Crippen LogP contribution in [0.4, 0.5) is 10.1 Å². The molecule has 0 unspecified atom stereocenters. The zero-order valence-corrected chi connectivity index (χ0v) is 12.4. The lowest BCUT2D eigenvalue weighted by Crippen LogP contribution is -2.30. The fraction of sp³-hybridized carbons (Fsp3) is 0. The molecule has 1 aliphatic heterocycles. The van der Waals surface area contributed by atoms with Crippen LogP contribution in [-0.2, 0) is 0 Å². The first-order valence-corrected chi connectivity index (χ1v) is 6.91. The van der Waals surface area contributed by atoms with Crippen molar-refractivity contribution < 1.29 is 23.9 Å². The molecule has 1 N–H and O–H groups in total. The van der Waals surface area contributed by atoms with Gasteiger partial charge in [-0.1, -0.05) is 12.1 Å².